The maximum atomic E-state index is 12.3. The van der Waals surface area contributed by atoms with Crippen LogP contribution in [0.15, 0.2) is 48.0 Å². The molecule has 0 spiro atoms. The zero-order valence-electron chi connectivity index (χ0n) is 15.3. The van der Waals surface area contributed by atoms with E-state index in [2.05, 4.69) is 0 Å². The summed E-state index contributed by atoms with van der Waals surface area (Å²) in [5, 5.41) is 0.572. The van der Waals surface area contributed by atoms with E-state index in [0.717, 1.165) is 0 Å². The molecule has 2 aromatic rings. The van der Waals surface area contributed by atoms with Gasteiger partial charge < -0.3 is 14.2 Å². The van der Waals surface area contributed by atoms with Gasteiger partial charge in [-0.2, -0.15) is 0 Å². The number of halogens is 2. The van der Waals surface area contributed by atoms with Crippen LogP contribution in [-0.4, -0.2) is 17.9 Å². The van der Waals surface area contributed by atoms with Gasteiger partial charge in [-0.15, -0.1) is 0 Å². The highest BCUT2D eigenvalue weighted by atomic mass is 127. The summed E-state index contributed by atoms with van der Waals surface area (Å²) in [6.45, 7) is 2.53. The number of rotatable bonds is 4. The van der Waals surface area contributed by atoms with Crippen molar-refractivity contribution in [1.29, 1.82) is 0 Å². The van der Waals surface area contributed by atoms with Gasteiger partial charge >= 0.3 is 17.9 Å². The van der Waals surface area contributed by atoms with Gasteiger partial charge in [-0.25, -0.2) is 4.79 Å². The van der Waals surface area contributed by atoms with E-state index in [1.54, 1.807) is 42.5 Å². The smallest absolute Gasteiger partial charge is 0.343 e. The van der Waals surface area contributed by atoms with Crippen LogP contribution in [0.1, 0.15) is 25.0 Å². The highest BCUT2D eigenvalue weighted by Gasteiger charge is 2.23. The Hall–Kier alpha value is -2.65. The van der Waals surface area contributed by atoms with Crippen molar-refractivity contribution in [3.63, 3.8) is 0 Å². The largest absolute Gasteiger partial charge is 0.426 e. The van der Waals surface area contributed by atoms with Crippen LogP contribution in [0.4, 0.5) is 0 Å². The summed E-state index contributed by atoms with van der Waals surface area (Å²) in [4.78, 5) is 35.1. The summed E-state index contributed by atoms with van der Waals surface area (Å²) < 4.78 is 16.3. The molecule has 0 aliphatic carbocycles. The molecule has 29 heavy (non-hydrogen) atoms. The average Bonchev–Trinajstić information content (AvgIpc) is 2.99. The van der Waals surface area contributed by atoms with Crippen molar-refractivity contribution in [2.45, 2.75) is 13.8 Å². The fourth-order valence-electron chi connectivity index (χ4n) is 2.55. The van der Waals surface area contributed by atoms with Crippen LogP contribution >= 0.6 is 34.2 Å². The van der Waals surface area contributed by atoms with Crippen molar-refractivity contribution < 1.29 is 28.6 Å². The lowest BCUT2D eigenvalue weighted by molar-refractivity contribution is -0.132. The first-order valence-corrected chi connectivity index (χ1v) is 9.80. The molecule has 6 nitrogen and oxygen atoms in total. The Morgan fingerprint density at radius 2 is 1.66 bits per heavy atom. The molecule has 3 rings (SSSR count). The second-order valence-corrected chi connectivity index (χ2v) is 7.61. The van der Waals surface area contributed by atoms with Crippen LogP contribution in [0.3, 0.4) is 0 Å². The normalized spacial score (nSPS) is 14.4. The number of cyclic esters (lactones) is 1. The van der Waals surface area contributed by atoms with Crippen molar-refractivity contribution in [2.75, 3.05) is 0 Å². The molecular formula is C21H14ClIO6. The Labute approximate surface area is 185 Å². The lowest BCUT2D eigenvalue weighted by Gasteiger charge is -2.11. The maximum absolute atomic E-state index is 12.3. The summed E-state index contributed by atoms with van der Waals surface area (Å²) >= 11 is 7.88. The molecule has 1 heterocycles. The summed E-state index contributed by atoms with van der Waals surface area (Å²) in [7, 11) is 0. The van der Waals surface area contributed by atoms with Crippen LogP contribution in [0, 0.1) is 3.57 Å². The van der Waals surface area contributed by atoms with E-state index < -0.39 is 17.9 Å². The zero-order chi connectivity index (χ0) is 21.1. The molecule has 0 fully saturated rings. The minimum Gasteiger partial charge on any atom is -0.426 e. The summed E-state index contributed by atoms with van der Waals surface area (Å²) in [5.74, 6) is -0.796. The summed E-state index contributed by atoms with van der Waals surface area (Å²) in [6.07, 6.45) is 3.14. The first-order chi connectivity index (χ1) is 13.7. The number of esters is 3. The SMILES string of the molecule is CC(=O)Oc1cc(OC(C)=O)c(/C=C2\C=C(c3ccc(Cl)cc3)OC2=O)cc1I. The van der Waals surface area contributed by atoms with E-state index in [-0.39, 0.29) is 17.1 Å². The number of carbonyl (C=O) groups is 3. The van der Waals surface area contributed by atoms with Crippen molar-refractivity contribution in [3.05, 3.63) is 67.8 Å². The highest BCUT2D eigenvalue weighted by Crippen LogP contribution is 2.34. The van der Waals surface area contributed by atoms with Gasteiger partial charge in [0.05, 0.1) is 9.14 Å². The second-order valence-electron chi connectivity index (χ2n) is 6.01. The van der Waals surface area contributed by atoms with E-state index in [1.165, 1.54) is 19.9 Å². The van der Waals surface area contributed by atoms with Gasteiger partial charge in [0, 0.05) is 36.1 Å². The third-order valence-electron chi connectivity index (χ3n) is 3.74. The van der Waals surface area contributed by atoms with Crippen LogP contribution in [0.5, 0.6) is 11.5 Å². The molecule has 0 unspecified atom stereocenters. The number of hydrogen-bond donors (Lipinski definition) is 0. The zero-order valence-corrected chi connectivity index (χ0v) is 18.2. The Balaban J connectivity index is 2.02. The standard InChI is InChI=1S/C21H14ClIO6/c1-11(24)27-19-10-20(28-12(2)25)17(23)8-14(19)7-15-9-18(29-21(15)26)13-3-5-16(22)6-4-13/h3-10H,1-2H3/b15-7+. The molecule has 0 saturated carbocycles. The first kappa shape index (κ1) is 21.1. The number of carbonyl (C=O) groups excluding carboxylic acids is 3. The van der Waals surface area contributed by atoms with E-state index in [9.17, 15) is 14.4 Å². The van der Waals surface area contributed by atoms with Crippen molar-refractivity contribution in [1.82, 2.24) is 0 Å². The minimum atomic E-state index is -0.550. The fourth-order valence-corrected chi connectivity index (χ4v) is 3.28. The van der Waals surface area contributed by atoms with E-state index in [1.807, 2.05) is 22.6 Å². The Bertz CT molecular complexity index is 1070. The van der Waals surface area contributed by atoms with E-state index in [0.29, 0.717) is 25.5 Å². The molecule has 0 saturated heterocycles. The van der Waals surface area contributed by atoms with Crippen molar-refractivity contribution in [2.24, 2.45) is 0 Å². The van der Waals surface area contributed by atoms with Crippen molar-refractivity contribution in [3.8, 4) is 11.5 Å². The molecule has 1 aliphatic heterocycles. The van der Waals surface area contributed by atoms with Crippen LogP contribution < -0.4 is 9.47 Å². The van der Waals surface area contributed by atoms with Gasteiger partial charge in [0.15, 0.2) is 0 Å². The van der Waals surface area contributed by atoms with Gasteiger partial charge in [0.1, 0.15) is 17.3 Å². The molecule has 0 amide bonds. The predicted octanol–water partition coefficient (Wildman–Crippen LogP) is 4.78. The third-order valence-corrected chi connectivity index (χ3v) is 4.83. The number of ether oxygens (including phenoxy) is 3. The van der Waals surface area contributed by atoms with E-state index >= 15 is 0 Å². The lowest BCUT2D eigenvalue weighted by Crippen LogP contribution is -2.07. The fraction of sp³-hybridized carbons (Fsp3) is 0.0952. The maximum Gasteiger partial charge on any atom is 0.343 e. The van der Waals surface area contributed by atoms with Gasteiger partial charge in [0.25, 0.3) is 0 Å². The Kier molecular flexibility index (Phi) is 6.39. The number of benzene rings is 2. The average molecular weight is 525 g/mol. The lowest BCUT2D eigenvalue weighted by atomic mass is 10.1. The van der Waals surface area contributed by atoms with Gasteiger partial charge in [-0.05, 0) is 65.1 Å². The summed E-state index contributed by atoms with van der Waals surface area (Å²) in [6, 6.07) is 9.95. The predicted molar refractivity (Wildman–Crippen MR) is 115 cm³/mol. The van der Waals surface area contributed by atoms with Crippen LogP contribution in [0.2, 0.25) is 5.02 Å². The van der Waals surface area contributed by atoms with Crippen molar-refractivity contribution >= 4 is 63.9 Å². The molecule has 1 aliphatic rings. The second kappa shape index (κ2) is 8.79. The van der Waals surface area contributed by atoms with Crippen LogP contribution in [-0.2, 0) is 19.1 Å². The third kappa shape index (κ3) is 5.24. The summed E-state index contributed by atoms with van der Waals surface area (Å²) in [5.41, 5.74) is 1.44. The molecule has 2 aromatic carbocycles. The minimum absolute atomic E-state index is 0.155. The quantitative estimate of drug-likeness (QED) is 0.248. The van der Waals surface area contributed by atoms with Gasteiger partial charge in [-0.1, -0.05) is 11.6 Å². The Morgan fingerprint density at radius 1 is 1.03 bits per heavy atom. The highest BCUT2D eigenvalue weighted by molar-refractivity contribution is 14.1. The van der Waals surface area contributed by atoms with Crippen LogP contribution in [0.25, 0.3) is 11.8 Å². The molecule has 0 atom stereocenters. The van der Waals surface area contributed by atoms with E-state index in [4.69, 9.17) is 25.8 Å². The monoisotopic (exact) mass is 524 g/mol. The Morgan fingerprint density at radius 3 is 2.28 bits per heavy atom. The molecule has 0 N–H and O–H groups in total. The first-order valence-electron chi connectivity index (χ1n) is 8.35. The molecule has 148 valence electrons. The molecule has 0 radical (unpaired) electrons. The molecule has 8 heteroatoms. The topological polar surface area (TPSA) is 78.9 Å². The van der Waals surface area contributed by atoms with Gasteiger partial charge in [-0.3, -0.25) is 9.59 Å². The molecule has 0 bridgehead atoms. The van der Waals surface area contributed by atoms with Gasteiger partial charge in [0.2, 0.25) is 0 Å². The molecule has 0 aromatic heterocycles. The number of hydrogen-bond acceptors (Lipinski definition) is 6. The molecular weight excluding hydrogens is 511 g/mol.